The number of ether oxygens (including phenoxy) is 2. The molecular weight excluding hydrogens is 236 g/mol. The number of carbonyl (C=O) groups is 2. The lowest BCUT2D eigenvalue weighted by molar-refractivity contribution is -0.121. The third kappa shape index (κ3) is 3.74. The molecule has 0 aliphatic rings. The Bertz CT molecular complexity index is 434. The fraction of sp³-hybridized carbons (Fsp3) is 0.333. The fourth-order valence-corrected chi connectivity index (χ4v) is 1.45. The van der Waals surface area contributed by atoms with Crippen molar-refractivity contribution in [2.75, 3.05) is 14.2 Å². The lowest BCUT2D eigenvalue weighted by Gasteiger charge is -2.13. The first-order valence-corrected chi connectivity index (χ1v) is 5.34. The predicted molar refractivity (Wildman–Crippen MR) is 65.2 cm³/mol. The molecule has 0 aromatic heterocycles. The summed E-state index contributed by atoms with van der Waals surface area (Å²) >= 11 is 0. The van der Waals surface area contributed by atoms with Gasteiger partial charge in [-0.05, 0) is 11.6 Å². The highest BCUT2D eigenvalue weighted by Crippen LogP contribution is 2.18. The summed E-state index contributed by atoms with van der Waals surface area (Å²) in [5.74, 6) is 0.0616. The van der Waals surface area contributed by atoms with Gasteiger partial charge in [0.15, 0.2) is 0 Å². The second-order valence-corrected chi connectivity index (χ2v) is 3.60. The summed E-state index contributed by atoms with van der Waals surface area (Å²) in [6.07, 6.45) is -0.553. The summed E-state index contributed by atoms with van der Waals surface area (Å²) in [6.45, 7) is 0. The van der Waals surface area contributed by atoms with Crippen molar-refractivity contribution in [1.82, 2.24) is 5.32 Å². The van der Waals surface area contributed by atoms with Crippen LogP contribution in [-0.4, -0.2) is 32.3 Å². The van der Waals surface area contributed by atoms with Gasteiger partial charge in [0, 0.05) is 6.42 Å². The number of nitrogens with one attached hydrogen (secondary N) is 1. The average Bonchev–Trinajstić information content (AvgIpc) is 2.39. The second kappa shape index (κ2) is 6.61. The Balaban J connectivity index is 2.66. The molecule has 0 radical (unpaired) electrons. The second-order valence-electron chi connectivity index (χ2n) is 3.60. The summed E-state index contributed by atoms with van der Waals surface area (Å²) < 4.78 is 9.46. The summed E-state index contributed by atoms with van der Waals surface area (Å²) in [5, 5.41) is 2.02. The molecule has 18 heavy (non-hydrogen) atoms. The molecule has 1 rings (SSSR count). The number of rotatable bonds is 4. The zero-order valence-corrected chi connectivity index (χ0v) is 10.3. The van der Waals surface area contributed by atoms with Crippen LogP contribution < -0.4 is 15.8 Å². The highest BCUT2D eigenvalue weighted by Gasteiger charge is 2.18. The fourth-order valence-electron chi connectivity index (χ4n) is 1.45. The molecule has 0 bridgehead atoms. The van der Waals surface area contributed by atoms with Gasteiger partial charge in [0.05, 0.1) is 20.3 Å². The van der Waals surface area contributed by atoms with Crippen LogP contribution in [0.25, 0.3) is 0 Å². The molecule has 0 aliphatic carbocycles. The van der Waals surface area contributed by atoms with Crippen molar-refractivity contribution in [3.63, 3.8) is 0 Å². The van der Waals surface area contributed by atoms with Gasteiger partial charge >= 0.3 is 6.09 Å². The van der Waals surface area contributed by atoms with E-state index >= 15 is 0 Å². The van der Waals surface area contributed by atoms with Crippen molar-refractivity contribution in [1.29, 1.82) is 0 Å². The molecule has 0 saturated heterocycles. The molecule has 2 amide bonds. The van der Waals surface area contributed by atoms with E-state index in [0.717, 1.165) is 5.56 Å². The van der Waals surface area contributed by atoms with Gasteiger partial charge in [-0.1, -0.05) is 18.2 Å². The van der Waals surface area contributed by atoms with Gasteiger partial charge in [0.1, 0.15) is 5.75 Å². The van der Waals surface area contributed by atoms with E-state index in [-0.39, 0.29) is 6.42 Å². The number of nitrogens with two attached hydrogens (primary N) is 1. The van der Waals surface area contributed by atoms with Gasteiger partial charge in [-0.2, -0.15) is 0 Å². The van der Waals surface area contributed by atoms with Crippen LogP contribution in [0.15, 0.2) is 24.3 Å². The number of hydrogen-bond donors (Lipinski definition) is 2. The van der Waals surface area contributed by atoms with E-state index in [4.69, 9.17) is 10.5 Å². The number of para-hydroxylation sites is 1. The molecule has 1 atom stereocenters. The largest absolute Gasteiger partial charge is 0.496 e. The Hall–Kier alpha value is -2.08. The van der Waals surface area contributed by atoms with Gasteiger partial charge < -0.3 is 15.2 Å². The van der Waals surface area contributed by atoms with Crippen LogP contribution >= 0.6 is 0 Å². The van der Waals surface area contributed by atoms with Crippen LogP contribution in [0.3, 0.4) is 0 Å². The van der Waals surface area contributed by atoms with E-state index in [1.807, 2.05) is 23.5 Å². The molecular formula is C12H16N2O4. The quantitative estimate of drug-likeness (QED) is 0.811. The minimum Gasteiger partial charge on any atom is -0.496 e. The monoisotopic (exact) mass is 252 g/mol. The number of methoxy groups -OCH3 is 2. The lowest BCUT2D eigenvalue weighted by Crippen LogP contribution is -2.44. The zero-order chi connectivity index (χ0) is 13.5. The molecule has 98 valence electrons. The van der Waals surface area contributed by atoms with Gasteiger partial charge in [0.2, 0.25) is 5.91 Å². The normalized spacial score (nSPS) is 11.5. The lowest BCUT2D eigenvalue weighted by atomic mass is 10.1. The van der Waals surface area contributed by atoms with Gasteiger partial charge in [-0.15, -0.1) is 0 Å². The van der Waals surface area contributed by atoms with Gasteiger partial charge in [-0.25, -0.2) is 4.79 Å². The highest BCUT2D eigenvalue weighted by atomic mass is 16.5. The van der Waals surface area contributed by atoms with E-state index in [9.17, 15) is 9.59 Å². The van der Waals surface area contributed by atoms with E-state index in [0.29, 0.717) is 5.75 Å². The molecule has 0 saturated carbocycles. The van der Waals surface area contributed by atoms with Crippen molar-refractivity contribution < 1.29 is 19.1 Å². The molecule has 0 heterocycles. The number of benzene rings is 1. The topological polar surface area (TPSA) is 90.7 Å². The Kier molecular flexibility index (Phi) is 5.13. The maximum Gasteiger partial charge on any atom is 0.413 e. The third-order valence-corrected chi connectivity index (χ3v) is 2.38. The standard InChI is InChI=1S/C12H16N2O4/c1-17-10-6-4-3-5-8(10)7-9(13)11(15)14-12(16)18-2/h3-6,9H,7,13H2,1-2H3,(H,14,15,16)/t9-/m0/s1. The first kappa shape index (κ1) is 14.0. The first-order chi connectivity index (χ1) is 8.58. The van der Waals surface area contributed by atoms with Crippen LogP contribution in [0.2, 0.25) is 0 Å². The van der Waals surface area contributed by atoms with Crippen LogP contribution in [-0.2, 0) is 16.0 Å². The maximum atomic E-state index is 11.5. The molecule has 6 heteroatoms. The SMILES string of the molecule is COC(=O)NC(=O)[C@@H](N)Cc1ccccc1OC. The van der Waals surface area contributed by atoms with E-state index in [1.165, 1.54) is 7.11 Å². The molecule has 6 nitrogen and oxygen atoms in total. The minimum absolute atomic E-state index is 0.271. The maximum absolute atomic E-state index is 11.5. The summed E-state index contributed by atoms with van der Waals surface area (Å²) in [5.41, 5.74) is 6.50. The summed E-state index contributed by atoms with van der Waals surface area (Å²) in [6, 6.07) is 6.38. The molecule has 0 fully saturated rings. The van der Waals surface area contributed by atoms with Gasteiger partial charge in [-0.3, -0.25) is 10.1 Å². The van der Waals surface area contributed by atoms with Crippen molar-refractivity contribution in [2.45, 2.75) is 12.5 Å². The zero-order valence-electron chi connectivity index (χ0n) is 10.3. The average molecular weight is 252 g/mol. The van der Waals surface area contributed by atoms with E-state index < -0.39 is 18.0 Å². The van der Waals surface area contributed by atoms with Crippen molar-refractivity contribution >= 4 is 12.0 Å². The highest BCUT2D eigenvalue weighted by molar-refractivity contribution is 5.94. The number of carbonyl (C=O) groups excluding carboxylic acids is 2. The number of amides is 2. The summed E-state index contributed by atoms with van der Waals surface area (Å²) in [7, 11) is 2.72. The van der Waals surface area contributed by atoms with E-state index in [1.54, 1.807) is 13.2 Å². The predicted octanol–water partition coefficient (Wildman–Crippen LogP) is 0.448. The molecule has 0 unspecified atom stereocenters. The molecule has 0 aliphatic heterocycles. The molecule has 1 aromatic carbocycles. The van der Waals surface area contributed by atoms with Crippen LogP contribution in [0, 0.1) is 0 Å². The van der Waals surface area contributed by atoms with Crippen LogP contribution in [0.4, 0.5) is 4.79 Å². The van der Waals surface area contributed by atoms with Crippen molar-refractivity contribution in [2.24, 2.45) is 5.73 Å². The van der Waals surface area contributed by atoms with Crippen LogP contribution in [0.1, 0.15) is 5.56 Å². The van der Waals surface area contributed by atoms with Crippen molar-refractivity contribution in [3.8, 4) is 5.75 Å². The smallest absolute Gasteiger partial charge is 0.413 e. The summed E-state index contributed by atoms with van der Waals surface area (Å²) in [4.78, 5) is 22.4. The minimum atomic E-state index is -0.847. The van der Waals surface area contributed by atoms with Gasteiger partial charge in [0.25, 0.3) is 0 Å². The Labute approximate surface area is 105 Å². The Morgan fingerprint density at radius 2 is 2.00 bits per heavy atom. The first-order valence-electron chi connectivity index (χ1n) is 5.34. The number of imide groups is 1. The third-order valence-electron chi connectivity index (χ3n) is 2.38. The molecule has 3 N–H and O–H groups in total. The van der Waals surface area contributed by atoms with Crippen molar-refractivity contribution in [3.05, 3.63) is 29.8 Å². The Morgan fingerprint density at radius 1 is 1.33 bits per heavy atom. The molecule has 1 aromatic rings. The number of hydrogen-bond acceptors (Lipinski definition) is 5. The number of alkyl carbamates (subject to hydrolysis) is 1. The Morgan fingerprint density at radius 3 is 2.61 bits per heavy atom. The van der Waals surface area contributed by atoms with Crippen LogP contribution in [0.5, 0.6) is 5.75 Å². The molecule has 0 spiro atoms. The van der Waals surface area contributed by atoms with E-state index in [2.05, 4.69) is 4.74 Å².